The molecule has 0 N–H and O–H groups in total. The minimum atomic E-state index is -0.119. The van der Waals surface area contributed by atoms with Gasteiger partial charge in [-0.15, -0.1) is 0 Å². The quantitative estimate of drug-likeness (QED) is 0.608. The van der Waals surface area contributed by atoms with Crippen molar-refractivity contribution in [1.29, 1.82) is 0 Å². The van der Waals surface area contributed by atoms with Gasteiger partial charge in [-0.25, -0.2) is 0 Å². The Bertz CT molecular complexity index is 798. The van der Waals surface area contributed by atoms with E-state index in [0.29, 0.717) is 9.23 Å². The summed E-state index contributed by atoms with van der Waals surface area (Å²) < 4.78 is 10.8. The number of rotatable bonds is 4. The Balaban J connectivity index is 1.85. The Morgan fingerprint density at radius 2 is 1.50 bits per heavy atom. The summed E-state index contributed by atoms with van der Waals surface area (Å²) in [6.07, 6.45) is 1.84. The summed E-state index contributed by atoms with van der Waals surface area (Å²) in [7, 11) is 3.22. The Labute approximate surface area is 150 Å². The average Bonchev–Trinajstić information content (AvgIpc) is 2.89. The number of anilines is 1. The summed E-state index contributed by atoms with van der Waals surface area (Å²) in [5.74, 6) is 1.39. The van der Waals surface area contributed by atoms with E-state index < -0.39 is 0 Å². The number of benzene rings is 2. The molecule has 3 rings (SSSR count). The van der Waals surface area contributed by atoms with Crippen LogP contribution in [0.1, 0.15) is 5.56 Å². The topological polar surface area (TPSA) is 38.8 Å². The number of carbonyl (C=O) groups is 1. The minimum Gasteiger partial charge on any atom is -0.497 e. The predicted octanol–water partition coefficient (Wildman–Crippen LogP) is 4.11. The first-order valence-corrected chi connectivity index (χ1v) is 8.41. The van der Waals surface area contributed by atoms with Crippen molar-refractivity contribution in [3.8, 4) is 11.5 Å². The summed E-state index contributed by atoms with van der Waals surface area (Å²) in [6, 6.07) is 14.8. The normalized spacial score (nSPS) is 15.9. The van der Waals surface area contributed by atoms with Crippen molar-refractivity contribution in [3.63, 3.8) is 0 Å². The molecule has 0 atom stereocenters. The maximum atomic E-state index is 12.7. The van der Waals surface area contributed by atoms with Gasteiger partial charge in [0.05, 0.1) is 24.8 Å². The van der Waals surface area contributed by atoms with Crippen LogP contribution in [0, 0.1) is 0 Å². The van der Waals surface area contributed by atoms with Crippen molar-refractivity contribution < 1.29 is 14.3 Å². The first-order valence-electron chi connectivity index (χ1n) is 7.18. The highest BCUT2D eigenvalue weighted by atomic mass is 32.2. The minimum absolute atomic E-state index is 0.119. The number of thioether (sulfide) groups is 1. The highest BCUT2D eigenvalue weighted by molar-refractivity contribution is 8.27. The van der Waals surface area contributed by atoms with Crippen LogP contribution in [-0.2, 0) is 4.79 Å². The lowest BCUT2D eigenvalue weighted by Crippen LogP contribution is -2.27. The van der Waals surface area contributed by atoms with Crippen LogP contribution in [0.5, 0.6) is 11.5 Å². The van der Waals surface area contributed by atoms with Crippen molar-refractivity contribution in [1.82, 2.24) is 0 Å². The van der Waals surface area contributed by atoms with Crippen LogP contribution >= 0.6 is 24.0 Å². The molecular weight excluding hydrogens is 342 g/mol. The van der Waals surface area contributed by atoms with Crippen molar-refractivity contribution in [2.24, 2.45) is 0 Å². The lowest BCUT2D eigenvalue weighted by Gasteiger charge is -2.14. The fourth-order valence-electron chi connectivity index (χ4n) is 2.27. The molecule has 6 heteroatoms. The van der Waals surface area contributed by atoms with Gasteiger partial charge in [0.15, 0.2) is 4.32 Å². The SMILES string of the molecule is COc1ccc(/C=C2/SC(=S)N(c3ccc(OC)cc3)C2=O)cc1. The molecule has 0 radical (unpaired) electrons. The van der Waals surface area contributed by atoms with Gasteiger partial charge in [0.2, 0.25) is 0 Å². The molecule has 0 spiro atoms. The molecule has 1 aliphatic rings. The molecule has 24 heavy (non-hydrogen) atoms. The number of amides is 1. The van der Waals surface area contributed by atoms with E-state index in [1.165, 1.54) is 16.7 Å². The third-order valence-corrected chi connectivity index (χ3v) is 4.84. The highest BCUT2D eigenvalue weighted by Gasteiger charge is 2.33. The van der Waals surface area contributed by atoms with Crippen LogP contribution < -0.4 is 14.4 Å². The van der Waals surface area contributed by atoms with E-state index in [-0.39, 0.29) is 5.91 Å². The summed E-state index contributed by atoms with van der Waals surface area (Å²) in [5.41, 5.74) is 1.66. The summed E-state index contributed by atoms with van der Waals surface area (Å²) in [5, 5.41) is 0. The van der Waals surface area contributed by atoms with Gasteiger partial charge in [-0.3, -0.25) is 9.69 Å². The Morgan fingerprint density at radius 1 is 0.958 bits per heavy atom. The molecule has 0 saturated carbocycles. The largest absolute Gasteiger partial charge is 0.497 e. The van der Waals surface area contributed by atoms with E-state index in [1.807, 2.05) is 42.5 Å². The number of methoxy groups -OCH3 is 2. The second kappa shape index (κ2) is 7.07. The van der Waals surface area contributed by atoms with E-state index in [0.717, 1.165) is 22.7 Å². The zero-order valence-corrected chi connectivity index (χ0v) is 14.8. The van der Waals surface area contributed by atoms with Crippen LogP contribution in [0.25, 0.3) is 6.08 Å². The fourth-order valence-corrected chi connectivity index (χ4v) is 3.57. The molecular formula is C18H15NO3S2. The molecule has 2 aromatic carbocycles. The van der Waals surface area contributed by atoms with Crippen LogP contribution in [-0.4, -0.2) is 24.4 Å². The average molecular weight is 357 g/mol. The summed E-state index contributed by atoms with van der Waals surface area (Å²) >= 11 is 6.67. The molecule has 1 fully saturated rings. The molecule has 0 bridgehead atoms. The van der Waals surface area contributed by atoms with E-state index in [9.17, 15) is 4.79 Å². The van der Waals surface area contributed by atoms with Crippen molar-refractivity contribution in [3.05, 3.63) is 59.0 Å². The van der Waals surface area contributed by atoms with Gasteiger partial charge in [-0.05, 0) is 48.0 Å². The molecule has 4 nitrogen and oxygen atoms in total. The second-order valence-corrected chi connectivity index (χ2v) is 6.66. The van der Waals surface area contributed by atoms with Crippen LogP contribution in [0.3, 0.4) is 0 Å². The fraction of sp³-hybridized carbons (Fsp3) is 0.111. The number of thiocarbonyl (C=S) groups is 1. The Kier molecular flexibility index (Phi) is 4.87. The van der Waals surface area contributed by atoms with E-state index in [2.05, 4.69) is 0 Å². The monoisotopic (exact) mass is 357 g/mol. The molecule has 122 valence electrons. The van der Waals surface area contributed by atoms with Gasteiger partial charge >= 0.3 is 0 Å². The van der Waals surface area contributed by atoms with Gasteiger partial charge < -0.3 is 9.47 Å². The second-order valence-electron chi connectivity index (χ2n) is 4.99. The number of hydrogen-bond donors (Lipinski definition) is 0. The van der Waals surface area contributed by atoms with E-state index in [1.54, 1.807) is 26.4 Å². The predicted molar refractivity (Wildman–Crippen MR) is 102 cm³/mol. The number of ether oxygens (including phenoxy) is 2. The van der Waals surface area contributed by atoms with Crippen molar-refractivity contribution >= 4 is 46.0 Å². The van der Waals surface area contributed by atoms with Crippen LogP contribution in [0.2, 0.25) is 0 Å². The van der Waals surface area contributed by atoms with E-state index >= 15 is 0 Å². The van der Waals surface area contributed by atoms with Crippen molar-refractivity contribution in [2.75, 3.05) is 19.1 Å². The molecule has 0 unspecified atom stereocenters. The molecule has 0 aliphatic carbocycles. The maximum absolute atomic E-state index is 12.7. The third kappa shape index (κ3) is 3.29. The van der Waals surface area contributed by atoms with Crippen molar-refractivity contribution in [2.45, 2.75) is 0 Å². The van der Waals surface area contributed by atoms with Gasteiger partial charge in [0, 0.05) is 0 Å². The molecule has 1 heterocycles. The van der Waals surface area contributed by atoms with Gasteiger partial charge in [0.1, 0.15) is 11.5 Å². The lowest BCUT2D eigenvalue weighted by molar-refractivity contribution is -0.113. The number of hydrogen-bond acceptors (Lipinski definition) is 5. The molecule has 1 aliphatic heterocycles. The first-order chi connectivity index (χ1) is 11.6. The first kappa shape index (κ1) is 16.5. The summed E-state index contributed by atoms with van der Waals surface area (Å²) in [6.45, 7) is 0. The molecule has 2 aromatic rings. The van der Waals surface area contributed by atoms with Crippen LogP contribution in [0.15, 0.2) is 53.4 Å². The third-order valence-electron chi connectivity index (χ3n) is 3.54. The van der Waals surface area contributed by atoms with Gasteiger partial charge in [-0.1, -0.05) is 36.1 Å². The van der Waals surface area contributed by atoms with Gasteiger partial charge in [-0.2, -0.15) is 0 Å². The Morgan fingerprint density at radius 3 is 2.04 bits per heavy atom. The van der Waals surface area contributed by atoms with Crippen LogP contribution in [0.4, 0.5) is 5.69 Å². The molecule has 0 aromatic heterocycles. The standard InChI is InChI=1S/C18H15NO3S2/c1-21-14-7-3-12(4-8-14)11-16-17(20)19(18(23)24-16)13-5-9-15(22-2)10-6-13/h3-11H,1-2H3/b16-11+. The number of carbonyl (C=O) groups excluding carboxylic acids is 1. The zero-order chi connectivity index (χ0) is 17.1. The lowest BCUT2D eigenvalue weighted by atomic mass is 10.2. The van der Waals surface area contributed by atoms with Gasteiger partial charge in [0.25, 0.3) is 5.91 Å². The smallest absolute Gasteiger partial charge is 0.270 e. The molecule has 1 amide bonds. The maximum Gasteiger partial charge on any atom is 0.270 e. The number of nitrogens with zero attached hydrogens (tertiary/aromatic N) is 1. The molecule has 1 saturated heterocycles. The Hall–Kier alpha value is -2.31. The van der Waals surface area contributed by atoms with E-state index in [4.69, 9.17) is 21.7 Å². The highest BCUT2D eigenvalue weighted by Crippen LogP contribution is 2.36. The summed E-state index contributed by atoms with van der Waals surface area (Å²) in [4.78, 5) is 14.8. The zero-order valence-electron chi connectivity index (χ0n) is 13.2.